The van der Waals surface area contributed by atoms with Gasteiger partial charge in [-0.1, -0.05) is 35.3 Å². The first-order chi connectivity index (χ1) is 12.6. The van der Waals surface area contributed by atoms with Crippen LogP contribution >= 0.6 is 23.2 Å². The molecule has 0 saturated heterocycles. The Labute approximate surface area is 160 Å². The fourth-order valence-corrected chi connectivity index (χ4v) is 2.49. The summed E-state index contributed by atoms with van der Waals surface area (Å²) < 4.78 is 5.17. The van der Waals surface area contributed by atoms with Crippen LogP contribution in [0.2, 0.25) is 10.0 Å². The van der Waals surface area contributed by atoms with E-state index in [0.717, 1.165) is 11.4 Å². The SMILES string of the molecule is COc1cccc(Nc2cnc(C(=O)Nc3cccc(Cl)c3Cl)cn2)c1. The topological polar surface area (TPSA) is 76.1 Å². The summed E-state index contributed by atoms with van der Waals surface area (Å²) in [5, 5.41) is 6.37. The number of halogens is 2. The van der Waals surface area contributed by atoms with Gasteiger partial charge in [0.25, 0.3) is 5.91 Å². The number of hydrogen-bond donors (Lipinski definition) is 2. The summed E-state index contributed by atoms with van der Waals surface area (Å²) in [5.41, 5.74) is 1.35. The second kappa shape index (κ2) is 8.03. The maximum absolute atomic E-state index is 12.3. The molecule has 8 heteroatoms. The molecule has 2 aromatic carbocycles. The van der Waals surface area contributed by atoms with Crippen molar-refractivity contribution in [1.29, 1.82) is 0 Å². The molecule has 0 fully saturated rings. The zero-order chi connectivity index (χ0) is 18.5. The van der Waals surface area contributed by atoms with Crippen LogP contribution in [-0.2, 0) is 0 Å². The first-order valence-corrected chi connectivity index (χ1v) is 8.31. The third kappa shape index (κ3) is 4.22. The average Bonchev–Trinajstić information content (AvgIpc) is 2.66. The molecule has 132 valence electrons. The largest absolute Gasteiger partial charge is 0.497 e. The van der Waals surface area contributed by atoms with E-state index in [1.807, 2.05) is 24.3 Å². The maximum Gasteiger partial charge on any atom is 0.275 e. The van der Waals surface area contributed by atoms with Crippen LogP contribution in [0, 0.1) is 0 Å². The molecule has 2 N–H and O–H groups in total. The van der Waals surface area contributed by atoms with Crippen molar-refractivity contribution in [2.45, 2.75) is 0 Å². The minimum atomic E-state index is -0.436. The van der Waals surface area contributed by atoms with Crippen LogP contribution in [0.5, 0.6) is 5.75 Å². The second-order valence-corrected chi connectivity index (χ2v) is 5.98. The number of benzene rings is 2. The molecule has 3 aromatic rings. The molecule has 0 saturated carbocycles. The van der Waals surface area contributed by atoms with E-state index in [2.05, 4.69) is 20.6 Å². The standard InChI is InChI=1S/C18H14Cl2N4O2/c1-26-12-5-2-4-11(8-12)23-16-10-21-15(9-22-16)18(25)24-14-7-3-6-13(19)17(14)20/h2-10H,1H3,(H,22,23)(H,24,25). The summed E-state index contributed by atoms with van der Waals surface area (Å²) in [6.07, 6.45) is 2.84. The number of rotatable bonds is 5. The smallest absolute Gasteiger partial charge is 0.275 e. The number of aromatic nitrogens is 2. The van der Waals surface area contributed by atoms with E-state index in [1.165, 1.54) is 12.4 Å². The van der Waals surface area contributed by atoms with Gasteiger partial charge in [-0.3, -0.25) is 4.79 Å². The van der Waals surface area contributed by atoms with Crippen molar-refractivity contribution in [3.63, 3.8) is 0 Å². The van der Waals surface area contributed by atoms with Gasteiger partial charge in [-0.25, -0.2) is 9.97 Å². The molecule has 1 amide bonds. The number of hydrogen-bond acceptors (Lipinski definition) is 5. The molecule has 3 rings (SSSR count). The highest BCUT2D eigenvalue weighted by Gasteiger charge is 2.12. The maximum atomic E-state index is 12.3. The van der Waals surface area contributed by atoms with Crippen molar-refractivity contribution in [2.24, 2.45) is 0 Å². The Balaban J connectivity index is 1.70. The summed E-state index contributed by atoms with van der Waals surface area (Å²) >= 11 is 12.0. The Kier molecular flexibility index (Phi) is 5.55. The van der Waals surface area contributed by atoms with Gasteiger partial charge in [-0.2, -0.15) is 0 Å². The van der Waals surface area contributed by atoms with E-state index in [1.54, 1.807) is 25.3 Å². The number of carbonyl (C=O) groups excluding carboxylic acids is 1. The van der Waals surface area contributed by atoms with Crippen molar-refractivity contribution >= 4 is 46.3 Å². The Bertz CT molecular complexity index is 933. The lowest BCUT2D eigenvalue weighted by molar-refractivity contribution is 0.102. The highest BCUT2D eigenvalue weighted by Crippen LogP contribution is 2.29. The van der Waals surface area contributed by atoms with Crippen LogP contribution in [0.3, 0.4) is 0 Å². The molecule has 0 bridgehead atoms. The van der Waals surface area contributed by atoms with E-state index in [9.17, 15) is 4.79 Å². The third-order valence-electron chi connectivity index (χ3n) is 3.43. The summed E-state index contributed by atoms with van der Waals surface area (Å²) in [5.74, 6) is 0.780. The van der Waals surface area contributed by atoms with Gasteiger partial charge in [0.05, 0.1) is 35.2 Å². The lowest BCUT2D eigenvalue weighted by atomic mass is 10.3. The van der Waals surface area contributed by atoms with Crippen LogP contribution in [0.1, 0.15) is 10.5 Å². The predicted molar refractivity (Wildman–Crippen MR) is 103 cm³/mol. The van der Waals surface area contributed by atoms with Crippen LogP contribution in [-0.4, -0.2) is 23.0 Å². The Morgan fingerprint density at radius 1 is 1.08 bits per heavy atom. The number of carbonyl (C=O) groups is 1. The third-order valence-corrected chi connectivity index (χ3v) is 4.25. The van der Waals surface area contributed by atoms with Crippen LogP contribution in [0.25, 0.3) is 0 Å². The van der Waals surface area contributed by atoms with Crippen LogP contribution < -0.4 is 15.4 Å². The van der Waals surface area contributed by atoms with E-state index in [0.29, 0.717) is 16.5 Å². The summed E-state index contributed by atoms with van der Waals surface area (Å²) in [4.78, 5) is 20.6. The predicted octanol–water partition coefficient (Wildman–Crippen LogP) is 4.79. The Morgan fingerprint density at radius 3 is 2.62 bits per heavy atom. The van der Waals surface area contributed by atoms with E-state index >= 15 is 0 Å². The normalized spacial score (nSPS) is 10.3. The van der Waals surface area contributed by atoms with Gasteiger partial charge in [0.1, 0.15) is 17.3 Å². The molecule has 26 heavy (non-hydrogen) atoms. The molecule has 0 radical (unpaired) electrons. The molecule has 6 nitrogen and oxygen atoms in total. The van der Waals surface area contributed by atoms with Gasteiger partial charge in [-0.15, -0.1) is 0 Å². The lowest BCUT2D eigenvalue weighted by Crippen LogP contribution is -2.14. The number of nitrogens with zero attached hydrogens (tertiary/aromatic N) is 2. The van der Waals surface area contributed by atoms with Gasteiger partial charge in [-0.05, 0) is 24.3 Å². The molecule has 1 aromatic heterocycles. The van der Waals surface area contributed by atoms with Crippen LogP contribution in [0.15, 0.2) is 54.9 Å². The minimum Gasteiger partial charge on any atom is -0.497 e. The van der Waals surface area contributed by atoms with E-state index in [-0.39, 0.29) is 10.7 Å². The monoisotopic (exact) mass is 388 g/mol. The molecular formula is C18H14Cl2N4O2. The molecule has 0 unspecified atom stereocenters. The van der Waals surface area contributed by atoms with Crippen molar-refractivity contribution in [2.75, 3.05) is 17.7 Å². The summed E-state index contributed by atoms with van der Waals surface area (Å²) in [7, 11) is 1.60. The molecule has 0 aliphatic heterocycles. The minimum absolute atomic E-state index is 0.150. The highest BCUT2D eigenvalue weighted by molar-refractivity contribution is 6.44. The molecular weight excluding hydrogens is 375 g/mol. The van der Waals surface area contributed by atoms with Gasteiger partial charge >= 0.3 is 0 Å². The average molecular weight is 389 g/mol. The molecule has 0 spiro atoms. The summed E-state index contributed by atoms with van der Waals surface area (Å²) in [6.45, 7) is 0. The second-order valence-electron chi connectivity index (χ2n) is 5.20. The summed E-state index contributed by atoms with van der Waals surface area (Å²) in [6, 6.07) is 12.4. The van der Waals surface area contributed by atoms with Gasteiger partial charge in [0, 0.05) is 11.8 Å². The first-order valence-electron chi connectivity index (χ1n) is 7.55. The van der Waals surface area contributed by atoms with Gasteiger partial charge < -0.3 is 15.4 Å². The van der Waals surface area contributed by atoms with Crippen LogP contribution in [0.4, 0.5) is 17.2 Å². The Hall–Kier alpha value is -2.83. The first kappa shape index (κ1) is 18.0. The Morgan fingerprint density at radius 2 is 1.88 bits per heavy atom. The molecule has 0 atom stereocenters. The molecule has 0 aliphatic carbocycles. The number of anilines is 3. The van der Waals surface area contributed by atoms with E-state index < -0.39 is 5.91 Å². The number of ether oxygens (including phenoxy) is 1. The van der Waals surface area contributed by atoms with Crippen molar-refractivity contribution in [3.05, 3.63) is 70.6 Å². The fourth-order valence-electron chi connectivity index (χ4n) is 2.15. The fraction of sp³-hybridized carbons (Fsp3) is 0.0556. The van der Waals surface area contributed by atoms with Gasteiger partial charge in [0.2, 0.25) is 0 Å². The quantitative estimate of drug-likeness (QED) is 0.656. The zero-order valence-corrected chi connectivity index (χ0v) is 15.2. The number of nitrogens with one attached hydrogen (secondary N) is 2. The van der Waals surface area contributed by atoms with Crippen molar-refractivity contribution in [3.8, 4) is 5.75 Å². The van der Waals surface area contributed by atoms with Gasteiger partial charge in [0.15, 0.2) is 0 Å². The highest BCUT2D eigenvalue weighted by atomic mass is 35.5. The molecule has 1 heterocycles. The number of amides is 1. The van der Waals surface area contributed by atoms with Crippen molar-refractivity contribution < 1.29 is 9.53 Å². The van der Waals surface area contributed by atoms with E-state index in [4.69, 9.17) is 27.9 Å². The molecule has 0 aliphatic rings. The number of methoxy groups -OCH3 is 1. The lowest BCUT2D eigenvalue weighted by Gasteiger charge is -2.09. The van der Waals surface area contributed by atoms with Crippen molar-refractivity contribution in [1.82, 2.24) is 9.97 Å². The zero-order valence-electron chi connectivity index (χ0n) is 13.7.